The average Bonchev–Trinajstić information content (AvgIpc) is 2.46. The van der Waals surface area contributed by atoms with Gasteiger partial charge in [0, 0.05) is 6.54 Å². The second-order valence-corrected chi connectivity index (χ2v) is 6.05. The molecule has 0 heterocycles. The van der Waals surface area contributed by atoms with E-state index in [2.05, 4.69) is 16.1 Å². The maximum Gasteiger partial charge on any atom is 0.466 e. The molecule has 0 aromatic carbocycles. The fraction of sp³-hybridized carbons (Fsp3) is 0.636. The molecule has 0 rings (SSSR count). The minimum atomic E-state index is -6.50. The number of nitrogens with one attached hydrogen (secondary N) is 1. The summed E-state index contributed by atoms with van der Waals surface area (Å²) in [5, 5.41) is -3.91. The molecule has 0 spiro atoms. The molecule has 15 heteroatoms. The third kappa shape index (κ3) is 5.57. The highest BCUT2D eigenvalue weighted by molar-refractivity contribution is 7.86. The number of carbonyl (C=O) groups is 2. The quantitative estimate of drug-likeness (QED) is 0.195. The zero-order chi connectivity index (χ0) is 21.0. The zero-order valence-corrected chi connectivity index (χ0v) is 13.7. The predicted molar refractivity (Wildman–Crippen MR) is 69.0 cm³/mol. The first kappa shape index (κ1) is 24.1. The van der Waals surface area contributed by atoms with Crippen molar-refractivity contribution in [3.8, 4) is 0 Å². The molecule has 1 atom stereocenters. The molecular weight excluding hydrogens is 404 g/mol. The van der Waals surface area contributed by atoms with Crippen LogP contribution in [0.5, 0.6) is 0 Å². The Morgan fingerprint density at radius 2 is 1.69 bits per heavy atom. The van der Waals surface area contributed by atoms with Crippen molar-refractivity contribution in [1.29, 1.82) is 0 Å². The Balaban J connectivity index is 6.06. The van der Waals surface area contributed by atoms with Crippen LogP contribution in [0, 0.1) is 0 Å². The number of alkyl halides is 5. The van der Waals surface area contributed by atoms with E-state index in [-0.39, 0.29) is 6.42 Å². The van der Waals surface area contributed by atoms with E-state index in [0.717, 1.165) is 0 Å². The maximum atomic E-state index is 13.3. The highest BCUT2D eigenvalue weighted by atomic mass is 32.2. The van der Waals surface area contributed by atoms with Gasteiger partial charge in [-0.3, -0.25) is 4.79 Å². The molecule has 0 aliphatic rings. The molecule has 0 aliphatic heterocycles. The van der Waals surface area contributed by atoms with E-state index in [1.165, 1.54) is 12.2 Å². The lowest BCUT2D eigenvalue weighted by Gasteiger charge is -2.34. The number of ether oxygens (including phenoxy) is 2. The number of rotatable bonds is 9. The molecule has 0 bridgehead atoms. The number of esters is 1. The molecule has 0 saturated carbocycles. The molecule has 1 N–H and O–H groups in total. The van der Waals surface area contributed by atoms with E-state index in [1.54, 1.807) is 0 Å². The first-order valence-electron chi connectivity index (χ1n) is 6.42. The molecule has 0 aromatic heterocycles. The lowest BCUT2D eigenvalue weighted by Crippen LogP contribution is -2.62. The smallest absolute Gasteiger partial charge is 0.466 e. The average molecular weight is 416 g/mol. The molecule has 8 nitrogen and oxygen atoms in total. The van der Waals surface area contributed by atoms with Crippen LogP contribution >= 0.6 is 0 Å². The van der Waals surface area contributed by atoms with Gasteiger partial charge in [0.1, 0.15) is 6.61 Å². The molecule has 1 unspecified atom stereocenters. The van der Waals surface area contributed by atoms with E-state index >= 15 is 0 Å². The Kier molecular flexibility index (Phi) is 7.63. The highest BCUT2D eigenvalue weighted by Crippen LogP contribution is 2.38. The van der Waals surface area contributed by atoms with Crippen LogP contribution < -0.4 is 5.32 Å². The number of hydrogen-bond donors (Lipinski definition) is 1. The first-order valence-corrected chi connectivity index (χ1v) is 7.82. The first-order chi connectivity index (χ1) is 11.5. The SMILES string of the molecule is C=C(F)C(=O)OC(OCC(F)(F)S(=O)(=O)[O-])(C(=O)NCCC)C(F)(F)F. The summed E-state index contributed by atoms with van der Waals surface area (Å²) in [6.07, 6.45) is -6.03. The molecule has 0 aliphatic carbocycles. The fourth-order valence-electron chi connectivity index (χ4n) is 1.21. The van der Waals surface area contributed by atoms with Crippen molar-refractivity contribution >= 4 is 22.0 Å². The van der Waals surface area contributed by atoms with Crippen LogP contribution in [0.1, 0.15) is 13.3 Å². The molecule has 0 aromatic rings. The fourth-order valence-corrected chi connectivity index (χ4v) is 1.41. The summed E-state index contributed by atoms with van der Waals surface area (Å²) in [5.41, 5.74) is 0. The van der Waals surface area contributed by atoms with Gasteiger partial charge in [-0.2, -0.15) is 26.3 Å². The minimum absolute atomic E-state index is 0.0363. The highest BCUT2D eigenvalue weighted by Gasteiger charge is 2.67. The van der Waals surface area contributed by atoms with Crippen molar-refractivity contribution in [3.63, 3.8) is 0 Å². The number of hydrogen-bond acceptors (Lipinski definition) is 7. The van der Waals surface area contributed by atoms with E-state index in [1.807, 2.05) is 0 Å². The second-order valence-electron chi connectivity index (χ2n) is 4.54. The van der Waals surface area contributed by atoms with Crippen LogP contribution in [-0.4, -0.2) is 55.2 Å². The van der Waals surface area contributed by atoms with Crippen molar-refractivity contribution in [1.82, 2.24) is 5.32 Å². The largest absolute Gasteiger partial charge is 0.743 e. The summed E-state index contributed by atoms with van der Waals surface area (Å²) in [6.45, 7) is 0.383. The minimum Gasteiger partial charge on any atom is -0.743 e. The van der Waals surface area contributed by atoms with E-state index in [9.17, 15) is 48.9 Å². The van der Waals surface area contributed by atoms with Crippen LogP contribution in [0.2, 0.25) is 0 Å². The van der Waals surface area contributed by atoms with Gasteiger partial charge in [-0.15, -0.1) is 0 Å². The Hall–Kier alpha value is -1.87. The normalized spacial score (nSPS) is 15.1. The van der Waals surface area contributed by atoms with Crippen molar-refractivity contribution in [3.05, 3.63) is 12.4 Å². The van der Waals surface area contributed by atoms with Crippen LogP contribution in [-0.2, 0) is 29.2 Å². The summed E-state index contributed by atoms with van der Waals surface area (Å²) in [5.74, 6) is -11.9. The van der Waals surface area contributed by atoms with Crippen molar-refractivity contribution in [2.45, 2.75) is 30.6 Å². The molecular formula is C11H12F6NO7S-. The molecule has 0 fully saturated rings. The van der Waals surface area contributed by atoms with Gasteiger partial charge in [0.15, 0.2) is 10.1 Å². The van der Waals surface area contributed by atoms with Crippen molar-refractivity contribution < 1.29 is 58.4 Å². The predicted octanol–water partition coefficient (Wildman–Crippen LogP) is 0.952. The van der Waals surface area contributed by atoms with Gasteiger partial charge in [0.05, 0.1) is 0 Å². The van der Waals surface area contributed by atoms with E-state index < -0.39 is 58.2 Å². The number of carbonyl (C=O) groups excluding carboxylic acids is 2. The van der Waals surface area contributed by atoms with Gasteiger partial charge >= 0.3 is 29.1 Å². The summed E-state index contributed by atoms with van der Waals surface area (Å²) >= 11 is 0. The van der Waals surface area contributed by atoms with Crippen LogP contribution in [0.25, 0.3) is 0 Å². The molecule has 0 radical (unpaired) electrons. The van der Waals surface area contributed by atoms with Gasteiger partial charge in [-0.25, -0.2) is 13.2 Å². The third-order valence-electron chi connectivity index (χ3n) is 2.47. The Labute approximate surface area is 142 Å². The van der Waals surface area contributed by atoms with Gasteiger partial charge in [0.25, 0.3) is 0 Å². The molecule has 0 saturated heterocycles. The third-order valence-corrected chi connectivity index (χ3v) is 3.32. The Morgan fingerprint density at radius 1 is 1.19 bits per heavy atom. The van der Waals surface area contributed by atoms with Gasteiger partial charge < -0.3 is 19.3 Å². The zero-order valence-electron chi connectivity index (χ0n) is 12.9. The number of halogens is 6. The summed E-state index contributed by atoms with van der Waals surface area (Å²) in [6, 6.07) is 0. The molecule has 1 amide bonds. The lowest BCUT2D eigenvalue weighted by molar-refractivity contribution is -0.353. The summed E-state index contributed by atoms with van der Waals surface area (Å²) in [4.78, 5) is 22.8. The van der Waals surface area contributed by atoms with Crippen LogP contribution in [0.3, 0.4) is 0 Å². The monoisotopic (exact) mass is 416 g/mol. The standard InChI is InChI=1S/C11H13F6NO7S/c1-3-4-18-8(20)10(11(15,16)17,25-7(19)6(2)12)24-5-9(13,14)26(21,22)23/h2-5H2,1H3,(H,18,20)(H,21,22,23)/p-1. The van der Waals surface area contributed by atoms with Crippen LogP contribution in [0.15, 0.2) is 12.4 Å². The van der Waals surface area contributed by atoms with Gasteiger partial charge in [0.2, 0.25) is 5.83 Å². The van der Waals surface area contributed by atoms with Gasteiger partial charge in [-0.1, -0.05) is 13.5 Å². The van der Waals surface area contributed by atoms with Crippen molar-refractivity contribution in [2.75, 3.05) is 13.2 Å². The Bertz CT molecular complexity index is 662. The topological polar surface area (TPSA) is 122 Å². The maximum absolute atomic E-state index is 13.3. The van der Waals surface area contributed by atoms with Crippen molar-refractivity contribution in [2.24, 2.45) is 0 Å². The number of amides is 1. The van der Waals surface area contributed by atoms with E-state index in [4.69, 9.17) is 0 Å². The molecule has 152 valence electrons. The Morgan fingerprint density at radius 3 is 2.04 bits per heavy atom. The summed E-state index contributed by atoms with van der Waals surface area (Å²) < 4.78 is 117. The second kappa shape index (κ2) is 8.22. The summed E-state index contributed by atoms with van der Waals surface area (Å²) in [7, 11) is -6.50. The molecule has 26 heavy (non-hydrogen) atoms. The lowest BCUT2D eigenvalue weighted by atomic mass is 10.2. The van der Waals surface area contributed by atoms with E-state index in [0.29, 0.717) is 0 Å². The van der Waals surface area contributed by atoms with Crippen LogP contribution in [0.4, 0.5) is 26.3 Å². The van der Waals surface area contributed by atoms with Gasteiger partial charge in [-0.05, 0) is 6.42 Å².